The highest BCUT2D eigenvalue weighted by Gasteiger charge is 2.30. The van der Waals surface area contributed by atoms with Gasteiger partial charge in [0.05, 0.1) is 11.6 Å². The number of sulfonamides is 1. The van der Waals surface area contributed by atoms with Crippen LogP contribution in [0.2, 0.25) is 5.02 Å². The lowest BCUT2D eigenvalue weighted by Gasteiger charge is -2.28. The van der Waals surface area contributed by atoms with E-state index in [-0.39, 0.29) is 15.5 Å². The van der Waals surface area contributed by atoms with Crippen LogP contribution in [0.15, 0.2) is 52.4 Å². The molecule has 0 spiro atoms. The number of hydrogen-bond acceptors (Lipinski definition) is 5. The maximum absolute atomic E-state index is 13.2. The van der Waals surface area contributed by atoms with Crippen LogP contribution in [0, 0.1) is 0 Å². The quantitative estimate of drug-likeness (QED) is 0.803. The molecule has 0 aliphatic carbocycles. The summed E-state index contributed by atoms with van der Waals surface area (Å²) < 4.78 is 27.9. The van der Waals surface area contributed by atoms with Crippen molar-refractivity contribution >= 4 is 44.5 Å². The zero-order valence-corrected chi connectivity index (χ0v) is 17.3. The van der Waals surface area contributed by atoms with E-state index in [4.69, 9.17) is 11.6 Å². The van der Waals surface area contributed by atoms with Crippen molar-refractivity contribution in [2.75, 3.05) is 18.8 Å². The Hall–Kier alpha value is -1.87. The summed E-state index contributed by atoms with van der Waals surface area (Å²) in [4.78, 5) is 16.6. The molecule has 9 heteroatoms. The van der Waals surface area contributed by atoms with E-state index in [1.54, 1.807) is 0 Å². The Labute approximate surface area is 173 Å². The van der Waals surface area contributed by atoms with Crippen molar-refractivity contribution < 1.29 is 13.2 Å². The third-order valence-corrected chi connectivity index (χ3v) is 7.93. The first-order valence-electron chi connectivity index (χ1n) is 8.80. The molecule has 4 rings (SSSR count). The van der Waals surface area contributed by atoms with Crippen molar-refractivity contribution in [1.82, 2.24) is 9.62 Å². The Morgan fingerprint density at radius 3 is 2.71 bits per heavy atom. The molecule has 2 aromatic carbocycles. The highest BCUT2D eigenvalue weighted by Crippen LogP contribution is 2.29. The van der Waals surface area contributed by atoms with Gasteiger partial charge in [0.25, 0.3) is 5.91 Å². The average Bonchev–Trinajstić information content (AvgIpc) is 3.20. The van der Waals surface area contributed by atoms with Crippen LogP contribution in [-0.2, 0) is 23.0 Å². The van der Waals surface area contributed by atoms with Gasteiger partial charge in [-0.2, -0.15) is 4.31 Å². The molecule has 146 valence electrons. The smallest absolute Gasteiger partial charge is 0.257 e. The summed E-state index contributed by atoms with van der Waals surface area (Å²) in [6, 6.07) is 12.1. The first kappa shape index (κ1) is 19.4. The number of fused-ring (bicyclic) bond motifs is 1. The summed E-state index contributed by atoms with van der Waals surface area (Å²) in [7, 11) is -3.83. The van der Waals surface area contributed by atoms with Crippen molar-refractivity contribution in [3.63, 3.8) is 0 Å². The minimum absolute atomic E-state index is 0.0535. The second kappa shape index (κ2) is 7.87. The number of nitrogens with one attached hydrogen (secondary N) is 1. The van der Waals surface area contributed by atoms with E-state index >= 15 is 0 Å². The highest BCUT2D eigenvalue weighted by atomic mass is 35.5. The molecule has 2 aromatic rings. The molecule has 0 atom stereocenters. The molecule has 0 saturated heterocycles. The van der Waals surface area contributed by atoms with Gasteiger partial charge >= 0.3 is 0 Å². The van der Waals surface area contributed by atoms with Crippen molar-refractivity contribution in [2.45, 2.75) is 17.9 Å². The van der Waals surface area contributed by atoms with E-state index in [1.807, 2.05) is 24.3 Å². The summed E-state index contributed by atoms with van der Waals surface area (Å²) in [5.74, 6) is 0.428. The first-order chi connectivity index (χ1) is 13.4. The molecule has 0 radical (unpaired) electrons. The lowest BCUT2D eigenvalue weighted by Crippen LogP contribution is -2.36. The van der Waals surface area contributed by atoms with Gasteiger partial charge in [-0.3, -0.25) is 9.79 Å². The van der Waals surface area contributed by atoms with Crippen LogP contribution < -0.4 is 5.32 Å². The topological polar surface area (TPSA) is 78.8 Å². The van der Waals surface area contributed by atoms with Crippen molar-refractivity contribution in [3.05, 3.63) is 64.2 Å². The maximum atomic E-state index is 13.2. The summed E-state index contributed by atoms with van der Waals surface area (Å²) in [6.07, 6.45) is 0.643. The third kappa shape index (κ3) is 3.82. The number of nitrogens with zero attached hydrogens (tertiary/aromatic N) is 2. The lowest BCUT2D eigenvalue weighted by atomic mass is 10.0. The number of carbonyl (C=O) groups excluding carboxylic acids is 1. The first-order valence-corrected chi connectivity index (χ1v) is 11.6. The molecular formula is C19H18ClN3O3S2. The molecule has 0 bridgehead atoms. The van der Waals surface area contributed by atoms with Crippen LogP contribution >= 0.6 is 23.4 Å². The molecular weight excluding hydrogens is 418 g/mol. The molecule has 2 aliphatic rings. The van der Waals surface area contributed by atoms with Gasteiger partial charge in [0.15, 0.2) is 5.17 Å². The van der Waals surface area contributed by atoms with Gasteiger partial charge in [-0.05, 0) is 35.7 Å². The normalized spacial score (nSPS) is 17.1. The molecule has 1 N–H and O–H groups in total. The van der Waals surface area contributed by atoms with E-state index in [0.717, 1.165) is 16.9 Å². The molecule has 0 saturated carbocycles. The van der Waals surface area contributed by atoms with Crippen LogP contribution in [-0.4, -0.2) is 42.6 Å². The van der Waals surface area contributed by atoms with Crippen LogP contribution in [0.1, 0.15) is 21.5 Å². The molecule has 28 heavy (non-hydrogen) atoms. The highest BCUT2D eigenvalue weighted by molar-refractivity contribution is 8.14. The summed E-state index contributed by atoms with van der Waals surface area (Å²) in [6.45, 7) is 1.33. The Morgan fingerprint density at radius 2 is 1.96 bits per heavy atom. The van der Waals surface area contributed by atoms with Crippen LogP contribution in [0.25, 0.3) is 0 Å². The SMILES string of the molecule is O=C(NC1=NCCS1)c1ccc(Cl)c(S(=O)(=O)N2CCc3ccccc3C2)c1. The number of halogens is 1. The number of amidine groups is 1. The predicted molar refractivity (Wildman–Crippen MR) is 111 cm³/mol. The number of thioether (sulfide) groups is 1. The largest absolute Gasteiger partial charge is 0.301 e. The summed E-state index contributed by atoms with van der Waals surface area (Å²) in [5.41, 5.74) is 2.37. The fourth-order valence-corrected chi connectivity index (χ4v) is 5.88. The number of amides is 1. The van der Waals surface area contributed by atoms with Gasteiger partial charge in [-0.1, -0.05) is 47.6 Å². The van der Waals surface area contributed by atoms with Crippen LogP contribution in [0.4, 0.5) is 0 Å². The molecule has 2 aliphatic heterocycles. The van der Waals surface area contributed by atoms with Crippen LogP contribution in [0.5, 0.6) is 0 Å². The monoisotopic (exact) mass is 435 g/mol. The number of hydrogen-bond donors (Lipinski definition) is 1. The minimum atomic E-state index is -3.83. The fraction of sp³-hybridized carbons (Fsp3) is 0.263. The lowest BCUT2D eigenvalue weighted by molar-refractivity contribution is 0.0978. The Bertz CT molecular complexity index is 1070. The zero-order chi connectivity index (χ0) is 19.7. The second-order valence-corrected chi connectivity index (χ2v) is 9.89. The summed E-state index contributed by atoms with van der Waals surface area (Å²) in [5, 5.41) is 3.36. The van der Waals surface area contributed by atoms with Crippen molar-refractivity contribution in [1.29, 1.82) is 0 Å². The molecule has 1 amide bonds. The molecule has 0 unspecified atom stereocenters. The number of aliphatic imine (C=N–C) groups is 1. The van der Waals surface area contributed by atoms with E-state index in [1.165, 1.54) is 34.3 Å². The number of carbonyl (C=O) groups is 1. The number of benzene rings is 2. The summed E-state index contributed by atoms with van der Waals surface area (Å²) >= 11 is 7.67. The van der Waals surface area contributed by atoms with Gasteiger partial charge in [0.2, 0.25) is 10.0 Å². The van der Waals surface area contributed by atoms with E-state index in [0.29, 0.717) is 31.2 Å². The van der Waals surface area contributed by atoms with Crippen molar-refractivity contribution in [2.24, 2.45) is 4.99 Å². The van der Waals surface area contributed by atoms with Crippen molar-refractivity contribution in [3.8, 4) is 0 Å². The minimum Gasteiger partial charge on any atom is -0.301 e. The fourth-order valence-electron chi connectivity index (χ4n) is 3.24. The zero-order valence-electron chi connectivity index (χ0n) is 14.9. The Balaban J connectivity index is 1.61. The van der Waals surface area contributed by atoms with Gasteiger partial charge in [-0.25, -0.2) is 8.42 Å². The Kier molecular flexibility index (Phi) is 5.46. The van der Waals surface area contributed by atoms with E-state index < -0.39 is 15.9 Å². The number of rotatable bonds is 3. The molecule has 6 nitrogen and oxygen atoms in total. The third-order valence-electron chi connectivity index (χ3n) is 4.71. The second-order valence-electron chi connectivity index (χ2n) is 6.49. The van der Waals surface area contributed by atoms with E-state index in [2.05, 4.69) is 10.3 Å². The van der Waals surface area contributed by atoms with Gasteiger partial charge in [0, 0.05) is 24.4 Å². The van der Waals surface area contributed by atoms with Crippen LogP contribution in [0.3, 0.4) is 0 Å². The Morgan fingerprint density at radius 1 is 1.18 bits per heavy atom. The predicted octanol–water partition coefficient (Wildman–Crippen LogP) is 2.92. The molecule has 2 heterocycles. The van der Waals surface area contributed by atoms with Gasteiger partial charge < -0.3 is 5.32 Å². The standard InChI is InChI=1S/C19H18ClN3O3S2/c20-16-6-5-14(18(24)22-19-21-8-10-27-19)11-17(16)28(25,26)23-9-7-13-3-1-2-4-15(13)12-23/h1-6,11H,7-10,12H2,(H,21,22,24). The average molecular weight is 436 g/mol. The molecule has 0 fully saturated rings. The molecule has 0 aromatic heterocycles. The van der Waals surface area contributed by atoms with E-state index in [9.17, 15) is 13.2 Å². The maximum Gasteiger partial charge on any atom is 0.257 e. The van der Waals surface area contributed by atoms with Gasteiger partial charge in [-0.15, -0.1) is 0 Å². The van der Waals surface area contributed by atoms with Gasteiger partial charge in [0.1, 0.15) is 4.90 Å².